The average molecular weight is 321 g/mol. The maximum atomic E-state index is 11.8. The van der Waals surface area contributed by atoms with E-state index in [0.29, 0.717) is 43.7 Å². The van der Waals surface area contributed by atoms with E-state index in [-0.39, 0.29) is 0 Å². The van der Waals surface area contributed by atoms with Crippen LogP contribution in [0.2, 0.25) is 0 Å². The summed E-state index contributed by atoms with van der Waals surface area (Å²) in [4.78, 5) is 16.6. The summed E-state index contributed by atoms with van der Waals surface area (Å²) in [6, 6.07) is 0.979. The van der Waals surface area contributed by atoms with E-state index in [1.54, 1.807) is 13.0 Å². The quantitative estimate of drug-likeness (QED) is 0.512. The van der Waals surface area contributed by atoms with Crippen LogP contribution < -0.4 is 5.32 Å². The number of halogens is 2. The van der Waals surface area contributed by atoms with Gasteiger partial charge in [-0.2, -0.15) is 4.99 Å². The molecule has 110 valence electrons. The zero-order chi connectivity index (χ0) is 14.5. The minimum Gasteiger partial charge on any atom is -0.378 e. The van der Waals surface area contributed by atoms with E-state index in [9.17, 15) is 4.79 Å². The van der Waals surface area contributed by atoms with Gasteiger partial charge in [0.05, 0.1) is 13.2 Å². The first-order chi connectivity index (χ1) is 9.56. The highest BCUT2D eigenvalue weighted by atomic mass is 35.5. The summed E-state index contributed by atoms with van der Waals surface area (Å²) in [7, 11) is 0. The normalized spacial score (nSPS) is 16.6. The van der Waals surface area contributed by atoms with Gasteiger partial charge in [0.2, 0.25) is 0 Å². The number of hydrogen-bond acceptors (Lipinski definition) is 4. The number of carbonyl (C=O) groups is 1. The number of amides is 2. The van der Waals surface area contributed by atoms with Gasteiger partial charge in [-0.05, 0) is 6.92 Å². The molecular weight excluding hydrogens is 307 g/mol. The molecule has 0 bridgehead atoms. The number of ether oxygens (including phenoxy) is 1. The molecule has 0 saturated carbocycles. The Kier molecular flexibility index (Phi) is 5.22. The van der Waals surface area contributed by atoms with Gasteiger partial charge in [-0.1, -0.05) is 28.4 Å². The van der Waals surface area contributed by atoms with Gasteiger partial charge in [-0.25, -0.2) is 4.79 Å². The zero-order valence-corrected chi connectivity index (χ0v) is 12.3. The van der Waals surface area contributed by atoms with Crippen molar-refractivity contribution in [1.82, 2.24) is 10.1 Å². The Balaban J connectivity index is 2.05. The Morgan fingerprint density at radius 1 is 1.50 bits per heavy atom. The number of nitrogens with one attached hydrogen (secondary N) is 1. The van der Waals surface area contributed by atoms with Crippen molar-refractivity contribution in [2.24, 2.45) is 4.99 Å². The predicted octanol–water partition coefficient (Wildman–Crippen LogP) is 2.05. The second-order valence-electron chi connectivity index (χ2n) is 4.12. The second-order valence-corrected chi connectivity index (χ2v) is 5.22. The highest BCUT2D eigenvalue weighted by molar-refractivity contribution is 6.54. The molecule has 0 aliphatic carbocycles. The summed E-state index contributed by atoms with van der Waals surface area (Å²) in [6.45, 7) is 3.99. The average Bonchev–Trinajstić information content (AvgIpc) is 2.82. The fourth-order valence-electron chi connectivity index (χ4n) is 1.72. The van der Waals surface area contributed by atoms with Gasteiger partial charge in [-0.3, -0.25) is 5.32 Å². The lowest BCUT2D eigenvalue weighted by Gasteiger charge is -2.30. The van der Waals surface area contributed by atoms with Gasteiger partial charge in [0, 0.05) is 19.2 Å². The molecule has 0 atom stereocenters. The molecule has 9 heteroatoms. The largest absolute Gasteiger partial charge is 0.378 e. The van der Waals surface area contributed by atoms with Gasteiger partial charge < -0.3 is 14.2 Å². The third-order valence-electron chi connectivity index (χ3n) is 2.61. The maximum Gasteiger partial charge on any atom is 0.348 e. The third-order valence-corrected chi connectivity index (χ3v) is 3.00. The topological polar surface area (TPSA) is 80.0 Å². The number of hydrogen-bond donors (Lipinski definition) is 1. The lowest BCUT2D eigenvalue weighted by molar-refractivity contribution is 0.0677. The molecule has 0 unspecified atom stereocenters. The summed E-state index contributed by atoms with van der Waals surface area (Å²) >= 11 is 11.7. The van der Waals surface area contributed by atoms with Crippen LogP contribution in [0.1, 0.15) is 5.76 Å². The van der Waals surface area contributed by atoms with E-state index >= 15 is 0 Å². The zero-order valence-electron chi connectivity index (χ0n) is 10.8. The third kappa shape index (κ3) is 4.09. The molecule has 0 spiro atoms. The minimum absolute atomic E-state index is 0.290. The first-order valence-electron chi connectivity index (χ1n) is 6.00. The van der Waals surface area contributed by atoms with Crippen molar-refractivity contribution in [2.45, 2.75) is 11.8 Å². The minimum atomic E-state index is -0.891. The molecule has 2 amide bonds. The van der Waals surface area contributed by atoms with Crippen molar-refractivity contribution >= 4 is 40.9 Å². The van der Waals surface area contributed by atoms with Gasteiger partial charge in [-0.15, -0.1) is 0 Å². The SMILES string of the molecule is Cc1cc(NC(=O)N=C(C(Cl)Cl)N2CCOCC2)no1. The van der Waals surface area contributed by atoms with Crippen LogP contribution in [-0.4, -0.2) is 53.1 Å². The number of morpholine rings is 1. The molecule has 0 aromatic carbocycles. The second kappa shape index (κ2) is 6.92. The molecule has 2 rings (SSSR count). The van der Waals surface area contributed by atoms with E-state index in [2.05, 4.69) is 15.5 Å². The lowest BCUT2D eigenvalue weighted by Crippen LogP contribution is -2.43. The number of urea groups is 1. The number of nitrogens with zero attached hydrogens (tertiary/aromatic N) is 3. The fraction of sp³-hybridized carbons (Fsp3) is 0.545. The van der Waals surface area contributed by atoms with Crippen LogP contribution in [0, 0.1) is 6.92 Å². The summed E-state index contributed by atoms with van der Waals surface area (Å²) in [5.41, 5.74) is 0. The van der Waals surface area contributed by atoms with E-state index in [0.717, 1.165) is 0 Å². The fourth-order valence-corrected chi connectivity index (χ4v) is 2.09. The Morgan fingerprint density at radius 2 is 2.20 bits per heavy atom. The molecule has 2 heterocycles. The number of carbonyl (C=O) groups excluding carboxylic acids is 1. The molecule has 1 fully saturated rings. The molecule has 1 saturated heterocycles. The van der Waals surface area contributed by atoms with Gasteiger partial charge in [0.25, 0.3) is 0 Å². The number of rotatable bonds is 2. The number of aliphatic imine (C=N–C) groups is 1. The Bertz CT molecular complexity index is 498. The Morgan fingerprint density at radius 3 is 2.75 bits per heavy atom. The van der Waals surface area contributed by atoms with Crippen LogP contribution in [-0.2, 0) is 4.74 Å². The number of amidine groups is 1. The van der Waals surface area contributed by atoms with E-state index in [4.69, 9.17) is 32.5 Å². The molecular formula is C11H14Cl2N4O3. The van der Waals surface area contributed by atoms with Gasteiger partial charge >= 0.3 is 6.03 Å². The summed E-state index contributed by atoms with van der Waals surface area (Å²) in [6.07, 6.45) is 0. The molecule has 0 radical (unpaired) electrons. The highest BCUT2D eigenvalue weighted by Gasteiger charge is 2.22. The first kappa shape index (κ1) is 15.1. The molecule has 1 aromatic heterocycles. The first-order valence-corrected chi connectivity index (χ1v) is 6.87. The Labute approximate surface area is 125 Å². The molecule has 1 aromatic rings. The molecule has 20 heavy (non-hydrogen) atoms. The monoisotopic (exact) mass is 320 g/mol. The summed E-state index contributed by atoms with van der Waals surface area (Å²) < 4.78 is 10.1. The lowest BCUT2D eigenvalue weighted by atomic mass is 10.4. The maximum absolute atomic E-state index is 11.8. The van der Waals surface area contributed by atoms with Crippen molar-refractivity contribution < 1.29 is 14.1 Å². The number of aromatic nitrogens is 1. The number of anilines is 1. The van der Waals surface area contributed by atoms with Gasteiger partial charge in [0.1, 0.15) is 11.6 Å². The molecule has 7 nitrogen and oxygen atoms in total. The van der Waals surface area contributed by atoms with Crippen LogP contribution in [0.25, 0.3) is 0 Å². The van der Waals surface area contributed by atoms with Crippen molar-refractivity contribution in [3.63, 3.8) is 0 Å². The van der Waals surface area contributed by atoms with Gasteiger partial charge in [0.15, 0.2) is 10.7 Å². The molecule has 1 aliphatic heterocycles. The predicted molar refractivity (Wildman–Crippen MR) is 75.6 cm³/mol. The molecule has 1 N–H and O–H groups in total. The highest BCUT2D eigenvalue weighted by Crippen LogP contribution is 2.13. The van der Waals surface area contributed by atoms with Crippen molar-refractivity contribution in [3.05, 3.63) is 11.8 Å². The van der Waals surface area contributed by atoms with Crippen LogP contribution in [0.5, 0.6) is 0 Å². The number of alkyl halides is 2. The van der Waals surface area contributed by atoms with E-state index in [1.165, 1.54) is 0 Å². The van der Waals surface area contributed by atoms with E-state index in [1.807, 2.05) is 4.90 Å². The summed E-state index contributed by atoms with van der Waals surface area (Å²) in [5.74, 6) is 1.18. The van der Waals surface area contributed by atoms with Crippen LogP contribution in [0.4, 0.5) is 10.6 Å². The van der Waals surface area contributed by atoms with Crippen LogP contribution >= 0.6 is 23.2 Å². The molecule has 1 aliphatic rings. The standard InChI is InChI=1S/C11H14Cl2N4O3/c1-7-6-8(16-20-7)14-11(18)15-10(9(12)13)17-2-4-19-5-3-17/h6,9H,2-5H2,1H3,(H,14,16,18). The van der Waals surface area contributed by atoms with Crippen molar-refractivity contribution in [3.8, 4) is 0 Å². The summed E-state index contributed by atoms with van der Waals surface area (Å²) in [5, 5.41) is 6.13. The Hall–Kier alpha value is -1.31. The van der Waals surface area contributed by atoms with Crippen molar-refractivity contribution in [2.75, 3.05) is 31.6 Å². The van der Waals surface area contributed by atoms with Crippen LogP contribution in [0.15, 0.2) is 15.6 Å². The van der Waals surface area contributed by atoms with Crippen LogP contribution in [0.3, 0.4) is 0 Å². The van der Waals surface area contributed by atoms with E-state index < -0.39 is 10.9 Å². The number of aryl methyl sites for hydroxylation is 1. The van der Waals surface area contributed by atoms with Crippen molar-refractivity contribution in [1.29, 1.82) is 0 Å². The smallest absolute Gasteiger partial charge is 0.348 e.